The van der Waals surface area contributed by atoms with Gasteiger partial charge in [-0.15, -0.1) is 5.10 Å². The van der Waals surface area contributed by atoms with Gasteiger partial charge in [0, 0.05) is 11.8 Å². The average molecular weight is 488 g/mol. The molecule has 1 aromatic carbocycles. The maximum absolute atomic E-state index is 13.2. The molecule has 0 aliphatic rings. The van der Waals surface area contributed by atoms with Crippen LogP contribution >= 0.6 is 0 Å². The highest BCUT2D eigenvalue weighted by Gasteiger charge is 2.37. The number of hydrogen-bond acceptors (Lipinski definition) is 6. The highest BCUT2D eigenvalue weighted by atomic mass is 19.4. The van der Waals surface area contributed by atoms with Gasteiger partial charge in [-0.3, -0.25) is 0 Å². The molecule has 0 aliphatic carbocycles. The fourth-order valence-corrected chi connectivity index (χ4v) is 3.05. The molecule has 0 saturated heterocycles. The Morgan fingerprint density at radius 3 is 2.12 bits per heavy atom. The van der Waals surface area contributed by atoms with Gasteiger partial charge >= 0.3 is 18.3 Å². The minimum Gasteiger partial charge on any atom is -0.459 e. The van der Waals surface area contributed by atoms with Crippen molar-refractivity contribution >= 4 is 17.7 Å². The Hall–Kier alpha value is -3.64. The van der Waals surface area contributed by atoms with Gasteiger partial charge in [0.1, 0.15) is 12.1 Å². The molecule has 0 spiro atoms. The summed E-state index contributed by atoms with van der Waals surface area (Å²) in [6, 6.07) is 1.04. The van der Waals surface area contributed by atoms with Crippen molar-refractivity contribution in [1.29, 1.82) is 0 Å². The van der Waals surface area contributed by atoms with Gasteiger partial charge in [0.2, 0.25) is 0 Å². The topological polar surface area (TPSA) is 83.0 Å². The fourth-order valence-electron chi connectivity index (χ4n) is 3.05. The molecular formula is C21H18F6N4O3. The van der Waals surface area contributed by atoms with Crippen molar-refractivity contribution in [1.82, 2.24) is 19.9 Å². The van der Waals surface area contributed by atoms with E-state index in [4.69, 9.17) is 9.26 Å². The molecule has 0 amide bonds. The van der Waals surface area contributed by atoms with Gasteiger partial charge < -0.3 is 9.26 Å². The second-order valence-electron chi connectivity index (χ2n) is 7.54. The van der Waals surface area contributed by atoms with Gasteiger partial charge in [-0.2, -0.15) is 26.3 Å². The molecule has 182 valence electrons. The number of aromatic nitrogens is 4. The number of esters is 1. The summed E-state index contributed by atoms with van der Waals surface area (Å²) in [6.45, 7) is 6.39. The first-order valence-corrected chi connectivity index (χ1v) is 9.74. The van der Waals surface area contributed by atoms with E-state index in [1.807, 2.05) is 0 Å². The van der Waals surface area contributed by atoms with Crippen molar-refractivity contribution in [2.75, 3.05) is 0 Å². The molecular weight excluding hydrogens is 470 g/mol. The van der Waals surface area contributed by atoms with Crippen LogP contribution < -0.4 is 0 Å². The molecule has 0 atom stereocenters. The minimum absolute atomic E-state index is 0.0118. The minimum atomic E-state index is -5.02. The Balaban J connectivity index is 2.10. The molecule has 0 radical (unpaired) electrons. The zero-order valence-corrected chi connectivity index (χ0v) is 18.2. The predicted molar refractivity (Wildman–Crippen MR) is 107 cm³/mol. The average Bonchev–Trinajstić information content (AvgIpc) is 3.30. The molecule has 0 aliphatic heterocycles. The van der Waals surface area contributed by atoms with E-state index < -0.39 is 46.9 Å². The molecule has 0 unspecified atom stereocenters. The van der Waals surface area contributed by atoms with Crippen LogP contribution in [0, 0.1) is 13.8 Å². The van der Waals surface area contributed by atoms with Crippen molar-refractivity contribution in [3.63, 3.8) is 0 Å². The second kappa shape index (κ2) is 8.95. The molecule has 13 heteroatoms. The lowest BCUT2D eigenvalue weighted by atomic mass is 10.0. The van der Waals surface area contributed by atoms with E-state index in [2.05, 4.69) is 15.2 Å². The number of halogens is 6. The fraction of sp³-hybridized carbons (Fsp3) is 0.333. The van der Waals surface area contributed by atoms with Gasteiger partial charge in [0.15, 0.2) is 5.82 Å². The number of carbonyl (C=O) groups excluding carboxylic acids is 1. The molecule has 0 saturated carbocycles. The Morgan fingerprint density at radius 2 is 1.65 bits per heavy atom. The Kier molecular flexibility index (Phi) is 6.58. The van der Waals surface area contributed by atoms with Crippen LogP contribution in [0.3, 0.4) is 0 Å². The number of nitrogens with zero attached hydrogens (tertiary/aromatic N) is 4. The monoisotopic (exact) mass is 488 g/mol. The first kappa shape index (κ1) is 25.0. The number of alkyl halides is 6. The SMILES string of the molecule is Cc1noc(C)c1/C(=C/n1cnc(-c2cc(C(F)(F)F)cc(C(F)(F)F)c2)n1)C(=O)OC(C)C. The number of benzene rings is 1. The number of aryl methyl sites for hydroxylation is 2. The zero-order chi connectivity index (χ0) is 25.4. The number of ether oxygens (including phenoxy) is 1. The molecule has 2 heterocycles. The van der Waals surface area contributed by atoms with Gasteiger partial charge in [-0.25, -0.2) is 14.5 Å². The lowest BCUT2D eigenvalue weighted by Crippen LogP contribution is -2.14. The Morgan fingerprint density at radius 1 is 1.06 bits per heavy atom. The quantitative estimate of drug-likeness (QED) is 0.267. The summed E-state index contributed by atoms with van der Waals surface area (Å²) in [7, 11) is 0. The van der Waals surface area contributed by atoms with E-state index in [9.17, 15) is 31.1 Å². The van der Waals surface area contributed by atoms with Crippen molar-refractivity contribution < 1.29 is 40.4 Å². The highest BCUT2D eigenvalue weighted by molar-refractivity contribution is 6.20. The predicted octanol–water partition coefficient (Wildman–Crippen LogP) is 5.54. The molecule has 3 rings (SSSR count). The Bertz CT molecular complexity index is 1190. The normalized spacial score (nSPS) is 13.0. The van der Waals surface area contributed by atoms with E-state index in [-0.39, 0.29) is 17.4 Å². The summed E-state index contributed by atoms with van der Waals surface area (Å²) in [4.78, 5) is 16.5. The van der Waals surface area contributed by atoms with Crippen LogP contribution in [-0.4, -0.2) is 32.0 Å². The van der Waals surface area contributed by atoms with E-state index in [0.29, 0.717) is 23.4 Å². The maximum atomic E-state index is 13.2. The molecule has 0 bridgehead atoms. The van der Waals surface area contributed by atoms with Gasteiger partial charge in [0.05, 0.1) is 34.1 Å². The van der Waals surface area contributed by atoms with E-state index in [0.717, 1.165) is 11.0 Å². The van der Waals surface area contributed by atoms with Gasteiger partial charge in [-0.1, -0.05) is 5.16 Å². The molecule has 3 aromatic rings. The molecule has 7 nitrogen and oxygen atoms in total. The van der Waals surface area contributed by atoms with Crippen molar-refractivity contribution in [3.05, 3.63) is 52.7 Å². The Labute approximate surface area is 189 Å². The number of hydrogen-bond donors (Lipinski definition) is 0. The highest BCUT2D eigenvalue weighted by Crippen LogP contribution is 2.38. The largest absolute Gasteiger partial charge is 0.459 e. The first-order valence-electron chi connectivity index (χ1n) is 9.74. The summed E-state index contributed by atoms with van der Waals surface area (Å²) in [5, 5.41) is 7.71. The van der Waals surface area contributed by atoms with Gasteiger partial charge in [-0.05, 0) is 45.9 Å². The van der Waals surface area contributed by atoms with Gasteiger partial charge in [0.25, 0.3) is 0 Å². The van der Waals surface area contributed by atoms with Crippen LogP contribution in [0.5, 0.6) is 0 Å². The third-order valence-electron chi connectivity index (χ3n) is 4.48. The molecule has 34 heavy (non-hydrogen) atoms. The van der Waals surface area contributed by atoms with E-state index >= 15 is 0 Å². The van der Waals surface area contributed by atoms with Crippen molar-refractivity contribution in [3.8, 4) is 11.4 Å². The smallest absolute Gasteiger partial charge is 0.416 e. The molecule has 0 N–H and O–H groups in total. The third-order valence-corrected chi connectivity index (χ3v) is 4.48. The lowest BCUT2D eigenvalue weighted by molar-refractivity contribution is -0.143. The second-order valence-corrected chi connectivity index (χ2v) is 7.54. The standard InChI is InChI=1S/C21H18F6N4O3/c1-10(2)33-19(32)16(17-11(3)30-34-12(17)4)8-31-9-28-18(29-31)13-5-14(20(22,23)24)7-15(6-13)21(25,26)27/h5-10H,1-4H3/b16-8-. The van der Waals surface area contributed by atoms with Crippen molar-refractivity contribution in [2.45, 2.75) is 46.2 Å². The molecule has 0 fully saturated rings. The summed E-state index contributed by atoms with van der Waals surface area (Å²) >= 11 is 0. The summed E-state index contributed by atoms with van der Waals surface area (Å²) in [5.74, 6) is -0.888. The number of carbonyl (C=O) groups is 1. The van der Waals surface area contributed by atoms with Crippen molar-refractivity contribution in [2.24, 2.45) is 0 Å². The third kappa shape index (κ3) is 5.46. The van der Waals surface area contributed by atoms with E-state index in [1.54, 1.807) is 27.7 Å². The summed E-state index contributed by atoms with van der Waals surface area (Å²) in [6.07, 6.45) is -8.31. The van der Waals surface area contributed by atoms with Crippen LogP contribution in [0.2, 0.25) is 0 Å². The van der Waals surface area contributed by atoms with Crippen LogP contribution in [-0.2, 0) is 21.9 Å². The zero-order valence-electron chi connectivity index (χ0n) is 18.2. The number of rotatable bonds is 5. The van der Waals surface area contributed by atoms with Crippen LogP contribution in [0.4, 0.5) is 26.3 Å². The lowest BCUT2D eigenvalue weighted by Gasteiger charge is -2.13. The van der Waals surface area contributed by atoms with Crippen LogP contribution in [0.1, 0.15) is 42.0 Å². The first-order chi connectivity index (χ1) is 15.7. The maximum Gasteiger partial charge on any atom is 0.416 e. The summed E-state index contributed by atoms with van der Waals surface area (Å²) in [5.41, 5.74) is -2.87. The van der Waals surface area contributed by atoms with Crippen LogP contribution in [0.25, 0.3) is 23.2 Å². The summed E-state index contributed by atoms with van der Waals surface area (Å²) < 4.78 is 90.3. The van der Waals surface area contributed by atoms with Crippen LogP contribution in [0.15, 0.2) is 29.0 Å². The molecule has 2 aromatic heterocycles. The van der Waals surface area contributed by atoms with E-state index in [1.165, 1.54) is 6.20 Å².